The molecule has 0 aliphatic heterocycles. The number of aryl methyl sites for hydroxylation is 1. The maximum Gasteiger partial charge on any atom is 0.292 e. The van der Waals surface area contributed by atoms with E-state index in [0.717, 1.165) is 39.0 Å². The van der Waals surface area contributed by atoms with E-state index in [9.17, 15) is 4.79 Å². The Kier molecular flexibility index (Phi) is 5.45. The van der Waals surface area contributed by atoms with Crippen LogP contribution >= 0.6 is 11.5 Å². The second-order valence-corrected chi connectivity index (χ2v) is 9.73. The summed E-state index contributed by atoms with van der Waals surface area (Å²) >= 11 is 1.42. The summed E-state index contributed by atoms with van der Waals surface area (Å²) in [5.41, 5.74) is 6.53. The van der Waals surface area contributed by atoms with E-state index in [0.29, 0.717) is 12.4 Å². The monoisotopic (exact) mass is 473 g/mol. The number of benzene rings is 1. The molecule has 4 heterocycles. The Morgan fingerprint density at radius 2 is 2.03 bits per heavy atom. The van der Waals surface area contributed by atoms with Crippen LogP contribution in [0.25, 0.3) is 27.9 Å². The van der Waals surface area contributed by atoms with Crippen molar-refractivity contribution in [1.82, 2.24) is 34.4 Å². The van der Waals surface area contributed by atoms with Crippen LogP contribution in [-0.2, 0) is 12.0 Å². The normalized spacial score (nSPS) is 11.8. The topological polar surface area (TPSA) is 111 Å². The molecule has 0 fully saturated rings. The molecule has 9 nitrogen and oxygen atoms in total. The van der Waals surface area contributed by atoms with Crippen molar-refractivity contribution in [3.05, 3.63) is 71.2 Å². The molecule has 0 atom stereocenters. The number of hydrogen-bond acceptors (Lipinski definition) is 8. The lowest BCUT2D eigenvalue weighted by molar-refractivity contribution is 0.0937. The Morgan fingerprint density at radius 3 is 2.74 bits per heavy atom. The first-order valence-corrected chi connectivity index (χ1v) is 11.6. The van der Waals surface area contributed by atoms with Gasteiger partial charge < -0.3 is 9.84 Å². The summed E-state index contributed by atoms with van der Waals surface area (Å²) in [6.07, 6.45) is 5.38. The molecule has 0 aliphatic rings. The predicted molar refractivity (Wildman–Crippen MR) is 128 cm³/mol. The highest BCUT2D eigenvalue weighted by Gasteiger charge is 2.24. The largest absolute Gasteiger partial charge is 0.345 e. The SMILES string of the molecule is Cc1cc(-c2ncnn3cc(-c4cnsc4)cc23)ccc1CNC(=O)c1noc(C(C)(C)C)n1. The van der Waals surface area contributed by atoms with Crippen molar-refractivity contribution in [3.8, 4) is 22.4 Å². The van der Waals surface area contributed by atoms with E-state index in [4.69, 9.17) is 4.52 Å². The van der Waals surface area contributed by atoms with Crippen molar-refractivity contribution >= 4 is 23.0 Å². The van der Waals surface area contributed by atoms with Gasteiger partial charge in [-0.15, -0.1) is 0 Å². The zero-order chi connectivity index (χ0) is 23.9. The lowest BCUT2D eigenvalue weighted by atomic mass is 9.97. The van der Waals surface area contributed by atoms with Gasteiger partial charge in [0.2, 0.25) is 5.89 Å². The van der Waals surface area contributed by atoms with E-state index in [2.05, 4.69) is 42.0 Å². The lowest BCUT2D eigenvalue weighted by Crippen LogP contribution is -2.24. The van der Waals surface area contributed by atoms with Crippen LogP contribution in [0.2, 0.25) is 0 Å². The number of carbonyl (C=O) groups is 1. The maximum absolute atomic E-state index is 12.5. The van der Waals surface area contributed by atoms with Crippen LogP contribution in [0.15, 0.2) is 52.9 Å². The molecule has 5 aromatic rings. The van der Waals surface area contributed by atoms with Crippen LogP contribution in [0.3, 0.4) is 0 Å². The highest BCUT2D eigenvalue weighted by Crippen LogP contribution is 2.29. The molecule has 0 bridgehead atoms. The van der Waals surface area contributed by atoms with E-state index < -0.39 is 0 Å². The van der Waals surface area contributed by atoms with E-state index in [-0.39, 0.29) is 17.1 Å². The third kappa shape index (κ3) is 4.19. The van der Waals surface area contributed by atoms with Crippen LogP contribution in [-0.4, -0.2) is 35.0 Å². The summed E-state index contributed by atoms with van der Waals surface area (Å²) < 4.78 is 11.2. The van der Waals surface area contributed by atoms with Gasteiger partial charge >= 0.3 is 0 Å². The van der Waals surface area contributed by atoms with E-state index >= 15 is 0 Å². The standard InChI is InChI=1S/C24H23N7O2S/c1-14-7-15(20-19-8-17(18-10-28-34-12-18)11-31(19)27-13-26-20)5-6-16(14)9-25-22(32)21-29-23(33-30-21)24(2,3)4/h5-8,10-13H,9H2,1-4H3,(H,25,32). The van der Waals surface area contributed by atoms with Crippen molar-refractivity contribution in [3.63, 3.8) is 0 Å². The molecule has 1 amide bonds. The molecule has 0 aliphatic carbocycles. The number of nitrogens with one attached hydrogen (secondary N) is 1. The zero-order valence-corrected chi connectivity index (χ0v) is 20.1. The first-order chi connectivity index (χ1) is 16.3. The van der Waals surface area contributed by atoms with Crippen molar-refractivity contribution in [1.29, 1.82) is 0 Å². The van der Waals surface area contributed by atoms with E-state index in [1.807, 2.05) is 62.1 Å². The number of fused-ring (bicyclic) bond motifs is 1. The van der Waals surface area contributed by atoms with Crippen molar-refractivity contribution < 1.29 is 9.32 Å². The molecule has 0 saturated heterocycles. The summed E-state index contributed by atoms with van der Waals surface area (Å²) in [5.74, 6) is 0.0921. The first-order valence-electron chi connectivity index (χ1n) is 10.7. The molecule has 1 aromatic carbocycles. The van der Waals surface area contributed by atoms with Gasteiger partial charge in [0, 0.05) is 46.4 Å². The molecular formula is C24H23N7O2S. The highest BCUT2D eigenvalue weighted by molar-refractivity contribution is 7.03. The molecule has 34 heavy (non-hydrogen) atoms. The van der Waals surface area contributed by atoms with Gasteiger partial charge in [-0.2, -0.15) is 10.1 Å². The van der Waals surface area contributed by atoms with Gasteiger partial charge in [0.05, 0.1) is 11.2 Å². The second-order valence-electron chi connectivity index (χ2n) is 9.08. The first kappa shape index (κ1) is 21.9. The van der Waals surface area contributed by atoms with Crippen LogP contribution in [0.5, 0.6) is 0 Å². The van der Waals surface area contributed by atoms with Gasteiger partial charge in [0.15, 0.2) is 0 Å². The number of nitrogens with zero attached hydrogens (tertiary/aromatic N) is 6. The minimum atomic E-state index is -0.371. The fourth-order valence-corrected chi connectivity index (χ4v) is 4.12. The quantitative estimate of drug-likeness (QED) is 0.402. The summed E-state index contributed by atoms with van der Waals surface area (Å²) in [5, 5.41) is 13.0. The van der Waals surface area contributed by atoms with Crippen molar-refractivity contribution in [2.45, 2.75) is 39.7 Å². The molecule has 4 aromatic heterocycles. The molecular weight excluding hydrogens is 450 g/mol. The number of rotatable bonds is 5. The van der Waals surface area contributed by atoms with Crippen molar-refractivity contribution in [2.24, 2.45) is 0 Å². The minimum Gasteiger partial charge on any atom is -0.345 e. The Morgan fingerprint density at radius 1 is 1.18 bits per heavy atom. The summed E-state index contributed by atoms with van der Waals surface area (Å²) in [6.45, 7) is 8.21. The lowest BCUT2D eigenvalue weighted by Gasteiger charge is -2.10. The Hall–Kier alpha value is -3.92. The van der Waals surface area contributed by atoms with Crippen LogP contribution in [0.4, 0.5) is 0 Å². The number of hydrogen-bond donors (Lipinski definition) is 1. The zero-order valence-electron chi connectivity index (χ0n) is 19.2. The van der Waals surface area contributed by atoms with Crippen molar-refractivity contribution in [2.75, 3.05) is 0 Å². The Balaban J connectivity index is 1.35. The van der Waals surface area contributed by atoms with Gasteiger partial charge in [-0.1, -0.05) is 38.1 Å². The molecule has 0 unspecified atom stereocenters. The van der Waals surface area contributed by atoms with Crippen LogP contribution < -0.4 is 5.32 Å². The molecule has 1 N–H and O–H groups in total. The smallest absolute Gasteiger partial charge is 0.292 e. The fourth-order valence-electron chi connectivity index (χ4n) is 3.57. The average molecular weight is 474 g/mol. The Labute approximate surface area is 200 Å². The van der Waals surface area contributed by atoms with E-state index in [1.54, 1.807) is 6.33 Å². The van der Waals surface area contributed by atoms with Gasteiger partial charge in [0.1, 0.15) is 6.33 Å². The van der Waals surface area contributed by atoms with Gasteiger partial charge in [0.25, 0.3) is 11.7 Å². The van der Waals surface area contributed by atoms with Gasteiger partial charge in [-0.05, 0) is 41.7 Å². The third-order valence-corrected chi connectivity index (χ3v) is 6.08. The second kappa shape index (κ2) is 8.45. The molecule has 5 rings (SSSR count). The van der Waals surface area contributed by atoms with E-state index in [1.165, 1.54) is 11.5 Å². The molecule has 0 radical (unpaired) electrons. The van der Waals surface area contributed by atoms with Crippen LogP contribution in [0, 0.1) is 6.92 Å². The maximum atomic E-state index is 12.5. The molecule has 172 valence electrons. The summed E-state index contributed by atoms with van der Waals surface area (Å²) in [7, 11) is 0. The molecule has 0 spiro atoms. The number of amides is 1. The highest BCUT2D eigenvalue weighted by atomic mass is 32.1. The molecule has 10 heteroatoms. The summed E-state index contributed by atoms with van der Waals surface area (Å²) in [4.78, 5) is 21.2. The Bertz CT molecular complexity index is 1480. The molecule has 0 saturated carbocycles. The number of aromatic nitrogens is 6. The van der Waals surface area contributed by atoms with Gasteiger partial charge in [-0.25, -0.2) is 13.9 Å². The number of carbonyl (C=O) groups excluding carboxylic acids is 1. The predicted octanol–water partition coefficient (Wildman–Crippen LogP) is 4.44. The third-order valence-electron chi connectivity index (χ3n) is 5.50. The van der Waals surface area contributed by atoms with Gasteiger partial charge in [-0.3, -0.25) is 4.79 Å². The average Bonchev–Trinajstić information content (AvgIpc) is 3.57. The fraction of sp³-hybridized carbons (Fsp3) is 0.250. The van der Waals surface area contributed by atoms with Crippen LogP contribution in [0.1, 0.15) is 48.4 Å². The summed E-state index contributed by atoms with van der Waals surface area (Å²) in [6, 6.07) is 8.13. The minimum absolute atomic E-state index is 0.0347.